The molecular formula is C31H63NO9. The van der Waals surface area contributed by atoms with Crippen LogP contribution in [0.2, 0.25) is 0 Å². The van der Waals surface area contributed by atoms with Crippen molar-refractivity contribution in [1.29, 1.82) is 0 Å². The molecule has 0 aliphatic carbocycles. The molecule has 41 heavy (non-hydrogen) atoms. The summed E-state index contributed by atoms with van der Waals surface area (Å²) in [5.41, 5.74) is 0. The van der Waals surface area contributed by atoms with Gasteiger partial charge >= 0.3 is 0 Å². The van der Waals surface area contributed by atoms with Gasteiger partial charge in [0.25, 0.3) is 0 Å². The number of nitrogens with zero attached hydrogens (tertiary/aromatic N) is 1. The number of rotatable bonds is 33. The molecule has 0 saturated heterocycles. The molecule has 0 atom stereocenters. The van der Waals surface area contributed by atoms with Gasteiger partial charge in [0.15, 0.2) is 0 Å². The number of unbranched alkanes of at least 4 members (excludes halogenated alkanes) is 1. The quantitative estimate of drug-likeness (QED) is 0.104. The van der Waals surface area contributed by atoms with Gasteiger partial charge in [0, 0.05) is 32.9 Å². The van der Waals surface area contributed by atoms with Gasteiger partial charge in [-0.25, -0.2) is 0 Å². The summed E-state index contributed by atoms with van der Waals surface area (Å²) >= 11 is 0. The van der Waals surface area contributed by atoms with Gasteiger partial charge in [0.1, 0.15) is 0 Å². The van der Waals surface area contributed by atoms with Crippen molar-refractivity contribution in [3.05, 3.63) is 0 Å². The van der Waals surface area contributed by atoms with E-state index in [1.165, 1.54) is 0 Å². The molecule has 0 spiro atoms. The lowest BCUT2D eigenvalue weighted by Crippen LogP contribution is -2.37. The second kappa shape index (κ2) is 32.1. The molecule has 1 amide bonds. The van der Waals surface area contributed by atoms with Crippen molar-refractivity contribution >= 4 is 5.91 Å². The lowest BCUT2D eigenvalue weighted by Gasteiger charge is -2.23. The number of carbonyl (C=O) groups excluding carboxylic acids is 1. The molecule has 246 valence electrons. The average Bonchev–Trinajstić information content (AvgIpc) is 2.94. The van der Waals surface area contributed by atoms with E-state index in [9.17, 15) is 4.79 Å². The summed E-state index contributed by atoms with van der Waals surface area (Å²) < 4.78 is 44.7. The van der Waals surface area contributed by atoms with E-state index in [1.54, 1.807) is 4.90 Å². The SMILES string of the molecule is CCCCOCCOCCOCCN(CCOCCOCCOCCC(C)C)C(=O)CCOCCOCCC(C)C. The molecule has 0 saturated carbocycles. The van der Waals surface area contributed by atoms with Gasteiger partial charge in [-0.15, -0.1) is 0 Å². The minimum atomic E-state index is 0.0215. The Kier molecular flexibility index (Phi) is 31.4. The van der Waals surface area contributed by atoms with Crippen LogP contribution >= 0.6 is 0 Å². The van der Waals surface area contributed by atoms with Crippen molar-refractivity contribution in [3.63, 3.8) is 0 Å². The summed E-state index contributed by atoms with van der Waals surface area (Å²) in [4.78, 5) is 14.6. The molecule has 0 bridgehead atoms. The first-order valence-electron chi connectivity index (χ1n) is 15.9. The largest absolute Gasteiger partial charge is 0.379 e. The minimum absolute atomic E-state index is 0.0215. The molecule has 0 aromatic carbocycles. The maximum Gasteiger partial charge on any atom is 0.225 e. The fourth-order valence-corrected chi connectivity index (χ4v) is 3.32. The zero-order valence-corrected chi connectivity index (χ0v) is 27.0. The number of carbonyl (C=O) groups is 1. The summed E-state index contributed by atoms with van der Waals surface area (Å²) in [6, 6.07) is 0. The zero-order chi connectivity index (χ0) is 30.2. The first kappa shape index (κ1) is 40.1. The highest BCUT2D eigenvalue weighted by Crippen LogP contribution is 2.00. The van der Waals surface area contributed by atoms with Crippen molar-refractivity contribution in [1.82, 2.24) is 4.90 Å². The smallest absolute Gasteiger partial charge is 0.225 e. The highest BCUT2D eigenvalue weighted by Gasteiger charge is 2.13. The Balaban J connectivity index is 4.08. The molecular weight excluding hydrogens is 530 g/mol. The molecule has 0 N–H and O–H groups in total. The normalized spacial score (nSPS) is 11.7. The molecule has 0 rings (SSSR count). The molecule has 0 aromatic heterocycles. The lowest BCUT2D eigenvalue weighted by molar-refractivity contribution is -0.134. The molecule has 0 aromatic rings. The third kappa shape index (κ3) is 31.9. The number of amides is 1. The summed E-state index contributed by atoms with van der Waals surface area (Å²) in [5.74, 6) is 1.29. The zero-order valence-electron chi connectivity index (χ0n) is 27.0. The third-order valence-corrected chi connectivity index (χ3v) is 6.01. The summed E-state index contributed by atoms with van der Waals surface area (Å²) in [6.07, 6.45) is 4.61. The van der Waals surface area contributed by atoms with Crippen LogP contribution in [0, 0.1) is 11.8 Å². The molecule has 0 unspecified atom stereocenters. The predicted octanol–water partition coefficient (Wildman–Crippen LogP) is 4.23. The molecule has 0 aliphatic rings. The predicted molar refractivity (Wildman–Crippen MR) is 162 cm³/mol. The maximum atomic E-state index is 12.8. The first-order chi connectivity index (χ1) is 20.0. The van der Waals surface area contributed by atoms with E-state index >= 15 is 0 Å². The van der Waals surface area contributed by atoms with Crippen molar-refractivity contribution in [2.45, 2.75) is 66.7 Å². The monoisotopic (exact) mass is 593 g/mol. The maximum absolute atomic E-state index is 12.8. The Morgan fingerprint density at radius 1 is 0.488 bits per heavy atom. The van der Waals surface area contributed by atoms with Gasteiger partial charge in [-0.1, -0.05) is 41.0 Å². The summed E-state index contributed by atoms with van der Waals surface area (Å²) in [5, 5.41) is 0. The fourth-order valence-electron chi connectivity index (χ4n) is 3.32. The molecule has 0 heterocycles. The van der Waals surface area contributed by atoms with Gasteiger partial charge in [-0.05, 0) is 31.1 Å². The molecule has 10 nitrogen and oxygen atoms in total. The highest BCUT2D eigenvalue weighted by atomic mass is 16.6. The van der Waals surface area contributed by atoms with E-state index in [0.29, 0.717) is 117 Å². The van der Waals surface area contributed by atoms with E-state index in [4.69, 9.17) is 37.9 Å². The topological polar surface area (TPSA) is 94.2 Å². The van der Waals surface area contributed by atoms with Gasteiger partial charge in [-0.2, -0.15) is 0 Å². The Morgan fingerprint density at radius 3 is 1.22 bits per heavy atom. The van der Waals surface area contributed by atoms with Crippen LogP contribution in [0.3, 0.4) is 0 Å². The van der Waals surface area contributed by atoms with Gasteiger partial charge in [-0.3, -0.25) is 4.79 Å². The van der Waals surface area contributed by atoms with Crippen LogP contribution in [0.5, 0.6) is 0 Å². The lowest BCUT2D eigenvalue weighted by atomic mass is 10.1. The van der Waals surface area contributed by atoms with E-state index in [2.05, 4.69) is 34.6 Å². The van der Waals surface area contributed by atoms with Crippen LogP contribution in [-0.2, 0) is 42.7 Å². The van der Waals surface area contributed by atoms with Crippen LogP contribution in [0.25, 0.3) is 0 Å². The molecule has 0 radical (unpaired) electrons. The molecule has 10 heteroatoms. The molecule has 0 fully saturated rings. The third-order valence-electron chi connectivity index (χ3n) is 6.01. The Morgan fingerprint density at radius 2 is 0.829 bits per heavy atom. The van der Waals surface area contributed by atoms with Crippen molar-refractivity contribution in [2.75, 3.05) is 119 Å². The van der Waals surface area contributed by atoms with E-state index in [1.807, 2.05) is 0 Å². The summed E-state index contributed by atoms with van der Waals surface area (Å²) in [7, 11) is 0. The Hall–Kier alpha value is -0.850. The second-order valence-corrected chi connectivity index (χ2v) is 10.7. The van der Waals surface area contributed by atoms with E-state index < -0.39 is 0 Å². The average molecular weight is 594 g/mol. The molecule has 0 aliphatic heterocycles. The standard InChI is InChI=1S/C31H63NO9/c1-6-7-13-34-19-25-40-27-23-38-17-11-32(31(33)10-16-37-21-20-35-14-8-29(2)3)12-18-39-24-28-41-26-22-36-15-9-30(4)5/h29-30H,6-28H2,1-5H3. The van der Waals surface area contributed by atoms with Gasteiger partial charge in [0.05, 0.1) is 92.3 Å². The summed E-state index contributed by atoms with van der Waals surface area (Å²) in [6.45, 7) is 20.7. The Bertz CT molecular complexity index is 538. The Labute approximate surface area is 251 Å². The van der Waals surface area contributed by atoms with Crippen LogP contribution in [0.4, 0.5) is 0 Å². The fraction of sp³-hybridized carbons (Fsp3) is 0.968. The first-order valence-corrected chi connectivity index (χ1v) is 15.9. The number of ether oxygens (including phenoxy) is 8. The van der Waals surface area contributed by atoms with Crippen molar-refractivity contribution in [2.24, 2.45) is 11.8 Å². The van der Waals surface area contributed by atoms with E-state index in [-0.39, 0.29) is 5.91 Å². The van der Waals surface area contributed by atoms with Crippen LogP contribution in [-0.4, -0.2) is 130 Å². The van der Waals surface area contributed by atoms with Crippen LogP contribution in [0.15, 0.2) is 0 Å². The van der Waals surface area contributed by atoms with Gasteiger partial charge in [0.2, 0.25) is 5.91 Å². The van der Waals surface area contributed by atoms with E-state index in [0.717, 1.165) is 45.5 Å². The van der Waals surface area contributed by atoms with Crippen LogP contribution in [0.1, 0.15) is 66.7 Å². The number of hydrogen-bond acceptors (Lipinski definition) is 9. The highest BCUT2D eigenvalue weighted by molar-refractivity contribution is 5.76. The van der Waals surface area contributed by atoms with Crippen LogP contribution < -0.4 is 0 Å². The second-order valence-electron chi connectivity index (χ2n) is 10.7. The van der Waals surface area contributed by atoms with Crippen molar-refractivity contribution < 1.29 is 42.7 Å². The minimum Gasteiger partial charge on any atom is -0.379 e. The van der Waals surface area contributed by atoms with Crippen molar-refractivity contribution in [3.8, 4) is 0 Å². The number of hydrogen-bond donors (Lipinski definition) is 0. The van der Waals surface area contributed by atoms with Gasteiger partial charge < -0.3 is 42.8 Å².